The van der Waals surface area contributed by atoms with Crippen LogP contribution >= 0.6 is 0 Å². The van der Waals surface area contributed by atoms with E-state index >= 15 is 0 Å². The molecule has 0 fully saturated rings. The molecule has 3 atom stereocenters. The second-order valence-electron chi connectivity index (χ2n) is 12.2. The first-order valence-corrected chi connectivity index (χ1v) is 16.1. The summed E-state index contributed by atoms with van der Waals surface area (Å²) in [6.07, 6.45) is 0.372. The third kappa shape index (κ3) is 15.6. The minimum atomic E-state index is -1.23. The first-order chi connectivity index (χ1) is 24.1. The van der Waals surface area contributed by atoms with Gasteiger partial charge in [-0.1, -0.05) is 24.3 Å². The second-order valence-corrected chi connectivity index (χ2v) is 12.2. The molecule has 15 heteroatoms. The zero-order valence-electron chi connectivity index (χ0n) is 28.8. The van der Waals surface area contributed by atoms with Crippen LogP contribution in [0.25, 0.3) is 12.2 Å². The van der Waals surface area contributed by atoms with E-state index in [2.05, 4.69) is 0 Å². The molecule has 0 spiro atoms. The number of ether oxygens (including phenoxy) is 7. The van der Waals surface area contributed by atoms with E-state index in [-0.39, 0.29) is 59.5 Å². The van der Waals surface area contributed by atoms with E-state index in [4.69, 9.17) is 33.2 Å². The highest BCUT2D eigenvalue weighted by atomic mass is 16.5. The van der Waals surface area contributed by atoms with Crippen LogP contribution in [0.4, 0.5) is 0 Å². The van der Waals surface area contributed by atoms with Crippen molar-refractivity contribution in [2.45, 2.75) is 18.3 Å². The van der Waals surface area contributed by atoms with Crippen LogP contribution < -0.4 is 14.2 Å². The molecule has 0 heterocycles. The molecule has 0 aliphatic carbocycles. The highest BCUT2D eigenvalue weighted by Gasteiger charge is 2.36. The molecule has 0 aromatic heterocycles. The maximum Gasteiger partial charge on any atom is 0.123 e. The van der Waals surface area contributed by atoms with Crippen molar-refractivity contribution >= 4 is 12.2 Å². The topological polar surface area (TPSA) is 226 Å². The molecule has 0 aliphatic heterocycles. The van der Waals surface area contributed by atoms with Crippen LogP contribution in [0.1, 0.15) is 11.1 Å². The van der Waals surface area contributed by atoms with Crippen molar-refractivity contribution in [3.63, 3.8) is 0 Å². The zero-order valence-corrected chi connectivity index (χ0v) is 28.8. The van der Waals surface area contributed by atoms with E-state index in [0.717, 1.165) is 11.1 Å². The van der Waals surface area contributed by atoms with Crippen molar-refractivity contribution in [2.75, 3.05) is 107 Å². The third-order valence-electron chi connectivity index (χ3n) is 7.54. The standard InChI is InChI=1S/C35H54O15/c1-44-32-9-27(10-33(11-32)45-2)4-3-26-5-7-31(8-6-26)50-25-34(18-39,19-40)20-49-24-35(21-46-15-28(41)12-36,22-47-16-29(42)13-37)23-48-17-30(43)14-38/h3-11,28-30,36-43H,12-25H2,1-2H3/b4-3+. The average Bonchev–Trinajstić information content (AvgIpc) is 3.15. The van der Waals surface area contributed by atoms with Gasteiger partial charge in [-0.25, -0.2) is 0 Å². The predicted molar refractivity (Wildman–Crippen MR) is 182 cm³/mol. The summed E-state index contributed by atoms with van der Waals surface area (Å²) in [6, 6.07) is 12.8. The Balaban J connectivity index is 2.11. The lowest BCUT2D eigenvalue weighted by Gasteiger charge is -2.36. The fourth-order valence-electron chi connectivity index (χ4n) is 4.43. The molecule has 2 rings (SSSR count). The van der Waals surface area contributed by atoms with Gasteiger partial charge in [0.1, 0.15) is 42.2 Å². The molecule has 15 nitrogen and oxygen atoms in total. The summed E-state index contributed by atoms with van der Waals surface area (Å²) >= 11 is 0. The maximum atomic E-state index is 10.3. The van der Waals surface area contributed by atoms with Crippen molar-refractivity contribution in [3.05, 3.63) is 53.6 Å². The van der Waals surface area contributed by atoms with Crippen molar-refractivity contribution in [3.8, 4) is 17.2 Å². The minimum Gasteiger partial charge on any atom is -0.497 e. The first-order valence-electron chi connectivity index (χ1n) is 16.1. The number of hydrogen-bond acceptors (Lipinski definition) is 15. The van der Waals surface area contributed by atoms with E-state index < -0.39 is 62.2 Å². The summed E-state index contributed by atoms with van der Waals surface area (Å²) in [7, 11) is 3.17. The van der Waals surface area contributed by atoms with Crippen LogP contribution in [0, 0.1) is 10.8 Å². The summed E-state index contributed by atoms with van der Waals surface area (Å²) in [4.78, 5) is 0. The summed E-state index contributed by atoms with van der Waals surface area (Å²) in [5.41, 5.74) is -0.577. The molecule has 50 heavy (non-hydrogen) atoms. The maximum absolute atomic E-state index is 10.3. The molecule has 0 aliphatic rings. The Labute approximate surface area is 292 Å². The molecule has 2 aromatic rings. The lowest BCUT2D eigenvalue weighted by Crippen LogP contribution is -2.46. The van der Waals surface area contributed by atoms with Gasteiger partial charge in [0.15, 0.2) is 0 Å². The van der Waals surface area contributed by atoms with Crippen molar-refractivity contribution in [1.29, 1.82) is 0 Å². The van der Waals surface area contributed by atoms with Crippen LogP contribution in [-0.2, 0) is 18.9 Å². The summed E-state index contributed by atoms with van der Waals surface area (Å²) in [6.45, 7) is -4.10. The molecule has 3 unspecified atom stereocenters. The Bertz CT molecular complexity index is 1140. The van der Waals surface area contributed by atoms with Crippen LogP contribution in [0.5, 0.6) is 17.2 Å². The number of aliphatic hydroxyl groups is 8. The smallest absolute Gasteiger partial charge is 0.123 e. The molecular weight excluding hydrogens is 660 g/mol. The van der Waals surface area contributed by atoms with Gasteiger partial charge in [0.25, 0.3) is 0 Å². The Morgan fingerprint density at radius 1 is 0.520 bits per heavy atom. The van der Waals surface area contributed by atoms with E-state index in [0.29, 0.717) is 17.2 Å². The Morgan fingerprint density at radius 2 is 0.940 bits per heavy atom. The van der Waals surface area contributed by atoms with Crippen LogP contribution in [0.15, 0.2) is 42.5 Å². The van der Waals surface area contributed by atoms with Gasteiger partial charge >= 0.3 is 0 Å². The van der Waals surface area contributed by atoms with E-state index in [1.165, 1.54) is 0 Å². The molecule has 2 aromatic carbocycles. The fraction of sp³-hybridized carbons (Fsp3) is 0.600. The molecule has 0 amide bonds. The average molecular weight is 715 g/mol. The predicted octanol–water partition coefficient (Wildman–Crippen LogP) is -0.664. The van der Waals surface area contributed by atoms with Gasteiger partial charge in [0.2, 0.25) is 0 Å². The summed E-state index contributed by atoms with van der Waals surface area (Å²) < 4.78 is 39.5. The van der Waals surface area contributed by atoms with Gasteiger partial charge < -0.3 is 74.0 Å². The van der Waals surface area contributed by atoms with Gasteiger partial charge in [-0.05, 0) is 35.4 Å². The summed E-state index contributed by atoms with van der Waals surface area (Å²) in [5.74, 6) is 1.83. The van der Waals surface area contributed by atoms with E-state index in [9.17, 15) is 40.9 Å². The van der Waals surface area contributed by atoms with Gasteiger partial charge in [-0.15, -0.1) is 0 Å². The van der Waals surface area contributed by atoms with Gasteiger partial charge in [-0.2, -0.15) is 0 Å². The highest BCUT2D eigenvalue weighted by molar-refractivity contribution is 5.71. The number of aliphatic hydroxyl groups excluding tert-OH is 8. The Kier molecular flexibility index (Phi) is 20.4. The SMILES string of the molecule is COc1cc(/C=C/c2ccc(OCC(CO)(CO)COCC(COCC(O)CO)(COCC(O)CO)COCC(O)CO)cc2)cc(OC)c1. The van der Waals surface area contributed by atoms with Crippen LogP contribution in [0.2, 0.25) is 0 Å². The van der Waals surface area contributed by atoms with Crippen molar-refractivity contribution in [2.24, 2.45) is 10.8 Å². The number of hydrogen-bond donors (Lipinski definition) is 8. The first kappa shape index (κ1) is 43.3. The third-order valence-corrected chi connectivity index (χ3v) is 7.54. The minimum absolute atomic E-state index is 0.108. The largest absolute Gasteiger partial charge is 0.497 e. The molecule has 0 saturated carbocycles. The molecular formula is C35H54O15. The van der Waals surface area contributed by atoms with Gasteiger partial charge in [0.05, 0.1) is 111 Å². The molecule has 0 radical (unpaired) electrons. The van der Waals surface area contributed by atoms with E-state index in [1.807, 2.05) is 36.4 Å². The fourth-order valence-corrected chi connectivity index (χ4v) is 4.43. The number of rotatable bonds is 28. The Hall–Kier alpha value is -2.90. The molecule has 0 saturated heterocycles. The van der Waals surface area contributed by atoms with Crippen molar-refractivity contribution in [1.82, 2.24) is 0 Å². The lowest BCUT2D eigenvalue weighted by atomic mass is 9.90. The van der Waals surface area contributed by atoms with Crippen molar-refractivity contribution < 1.29 is 74.0 Å². The second kappa shape index (κ2) is 23.6. The van der Waals surface area contributed by atoms with Gasteiger partial charge in [-0.3, -0.25) is 0 Å². The van der Waals surface area contributed by atoms with Gasteiger partial charge in [0, 0.05) is 6.07 Å². The normalized spacial score (nSPS) is 15.1. The molecule has 8 N–H and O–H groups in total. The van der Waals surface area contributed by atoms with Crippen LogP contribution in [0.3, 0.4) is 0 Å². The highest BCUT2D eigenvalue weighted by Crippen LogP contribution is 2.27. The Morgan fingerprint density at radius 3 is 1.36 bits per heavy atom. The molecule has 0 bridgehead atoms. The number of methoxy groups -OCH3 is 2. The van der Waals surface area contributed by atoms with E-state index in [1.54, 1.807) is 32.4 Å². The molecule has 284 valence electrons. The quantitative estimate of drug-likeness (QED) is 0.0512. The zero-order chi connectivity index (χ0) is 36.8. The summed E-state index contributed by atoms with van der Waals surface area (Å²) in [5, 5.41) is 77.4. The van der Waals surface area contributed by atoms with Crippen LogP contribution in [-0.4, -0.2) is 166 Å². The monoisotopic (exact) mass is 714 g/mol. The lowest BCUT2D eigenvalue weighted by molar-refractivity contribution is -0.143. The number of benzene rings is 2.